The molecular formula is C15H21BrO2. The first-order valence-corrected chi connectivity index (χ1v) is 7.29. The Morgan fingerprint density at radius 1 is 1.39 bits per heavy atom. The van der Waals surface area contributed by atoms with Crippen LogP contribution in [0, 0.1) is 0 Å². The molecule has 0 bridgehead atoms. The Hall–Kier alpha value is -0.830. The first-order valence-electron chi connectivity index (χ1n) is 6.37. The van der Waals surface area contributed by atoms with Gasteiger partial charge in [0.15, 0.2) is 5.78 Å². The van der Waals surface area contributed by atoms with Crippen molar-refractivity contribution < 1.29 is 9.53 Å². The Morgan fingerprint density at radius 3 is 2.56 bits per heavy atom. The molecule has 3 heteroatoms. The van der Waals surface area contributed by atoms with Gasteiger partial charge in [0.05, 0.1) is 17.5 Å². The zero-order chi connectivity index (χ0) is 13.7. The molecule has 0 N–H and O–H groups in total. The molecule has 0 fully saturated rings. The number of ether oxygens (including phenoxy) is 1. The van der Waals surface area contributed by atoms with Crippen LogP contribution in [0.3, 0.4) is 0 Å². The topological polar surface area (TPSA) is 26.3 Å². The number of Topliss-reactive ketones (excluding diaryl/α,β-unsaturated/α-hetero) is 1. The van der Waals surface area contributed by atoms with Crippen molar-refractivity contribution in [2.45, 2.75) is 44.4 Å². The van der Waals surface area contributed by atoms with E-state index in [0.29, 0.717) is 17.2 Å². The van der Waals surface area contributed by atoms with E-state index in [-0.39, 0.29) is 10.6 Å². The molecule has 0 radical (unpaired) electrons. The Morgan fingerprint density at radius 2 is 2.06 bits per heavy atom. The van der Waals surface area contributed by atoms with E-state index in [2.05, 4.69) is 36.7 Å². The third kappa shape index (κ3) is 3.58. The predicted octanol–water partition coefficient (Wildman–Crippen LogP) is 4.56. The Labute approximate surface area is 118 Å². The molecular weight excluding hydrogens is 292 g/mol. The summed E-state index contributed by atoms with van der Waals surface area (Å²) in [4.78, 5) is 12.2. The maximum Gasteiger partial charge on any atom is 0.180 e. The van der Waals surface area contributed by atoms with E-state index >= 15 is 0 Å². The quantitative estimate of drug-likeness (QED) is 0.568. The molecule has 1 atom stereocenters. The molecule has 0 aliphatic heterocycles. The summed E-state index contributed by atoms with van der Waals surface area (Å²) in [6, 6.07) is 5.85. The van der Waals surface area contributed by atoms with Crippen molar-refractivity contribution in [2.75, 3.05) is 7.11 Å². The largest absolute Gasteiger partial charge is 0.496 e. The van der Waals surface area contributed by atoms with Crippen LogP contribution in [0.25, 0.3) is 0 Å². The van der Waals surface area contributed by atoms with E-state index < -0.39 is 0 Å². The van der Waals surface area contributed by atoms with Crippen LogP contribution in [0.1, 0.15) is 55.5 Å². The molecule has 0 aliphatic rings. The molecule has 0 saturated heterocycles. The Bertz CT molecular complexity index is 413. The van der Waals surface area contributed by atoms with Crippen LogP contribution in [0.5, 0.6) is 5.75 Å². The van der Waals surface area contributed by atoms with E-state index in [9.17, 15) is 4.79 Å². The summed E-state index contributed by atoms with van der Waals surface area (Å²) in [5.74, 6) is 1.17. The fourth-order valence-corrected chi connectivity index (χ4v) is 2.54. The fourth-order valence-electron chi connectivity index (χ4n) is 1.83. The van der Waals surface area contributed by atoms with E-state index in [1.165, 1.54) is 0 Å². The summed E-state index contributed by atoms with van der Waals surface area (Å²) in [6.45, 7) is 6.31. The minimum Gasteiger partial charge on any atom is -0.496 e. The molecule has 1 aromatic carbocycles. The van der Waals surface area contributed by atoms with Gasteiger partial charge in [0.2, 0.25) is 0 Å². The van der Waals surface area contributed by atoms with E-state index in [0.717, 1.165) is 18.4 Å². The van der Waals surface area contributed by atoms with Crippen molar-refractivity contribution in [1.29, 1.82) is 0 Å². The van der Waals surface area contributed by atoms with Crippen molar-refractivity contribution in [3.05, 3.63) is 29.3 Å². The number of ketones is 1. The Balaban J connectivity index is 3.11. The van der Waals surface area contributed by atoms with Crippen LogP contribution in [0.2, 0.25) is 0 Å². The third-order valence-corrected chi connectivity index (χ3v) is 3.86. The van der Waals surface area contributed by atoms with Crippen LogP contribution in [-0.2, 0) is 0 Å². The molecule has 2 nitrogen and oxygen atoms in total. The van der Waals surface area contributed by atoms with Crippen molar-refractivity contribution in [1.82, 2.24) is 0 Å². The number of carbonyl (C=O) groups excluding carboxylic acids is 1. The molecule has 0 aromatic heterocycles. The molecule has 1 aromatic rings. The van der Waals surface area contributed by atoms with Gasteiger partial charge in [0, 0.05) is 0 Å². The second-order valence-corrected chi connectivity index (χ2v) is 5.84. The molecule has 18 heavy (non-hydrogen) atoms. The van der Waals surface area contributed by atoms with Gasteiger partial charge in [-0.3, -0.25) is 4.79 Å². The lowest BCUT2D eigenvalue weighted by Gasteiger charge is -2.14. The minimum atomic E-state index is -0.126. The maximum atomic E-state index is 12.4. The van der Waals surface area contributed by atoms with Crippen LogP contribution < -0.4 is 4.74 Å². The summed E-state index contributed by atoms with van der Waals surface area (Å²) >= 11 is 3.46. The maximum absolute atomic E-state index is 12.4. The van der Waals surface area contributed by atoms with Crippen LogP contribution >= 0.6 is 15.9 Å². The van der Waals surface area contributed by atoms with Gasteiger partial charge >= 0.3 is 0 Å². The summed E-state index contributed by atoms with van der Waals surface area (Å²) in [7, 11) is 1.60. The van der Waals surface area contributed by atoms with E-state index in [1.54, 1.807) is 7.11 Å². The second kappa shape index (κ2) is 6.93. The van der Waals surface area contributed by atoms with Gasteiger partial charge in [-0.25, -0.2) is 0 Å². The van der Waals surface area contributed by atoms with Crippen LogP contribution in [-0.4, -0.2) is 17.7 Å². The van der Waals surface area contributed by atoms with Gasteiger partial charge in [-0.2, -0.15) is 0 Å². The number of methoxy groups -OCH3 is 1. The molecule has 0 heterocycles. The molecule has 0 saturated carbocycles. The number of hydrogen-bond donors (Lipinski definition) is 0. The smallest absolute Gasteiger partial charge is 0.180 e. The third-order valence-electron chi connectivity index (χ3n) is 2.98. The van der Waals surface area contributed by atoms with Crippen molar-refractivity contribution in [3.63, 3.8) is 0 Å². The highest BCUT2D eigenvalue weighted by Crippen LogP contribution is 2.27. The molecule has 0 spiro atoms. The second-order valence-electron chi connectivity index (χ2n) is 4.73. The number of carbonyl (C=O) groups is 1. The lowest BCUT2D eigenvalue weighted by atomic mass is 9.97. The molecule has 1 rings (SSSR count). The Kier molecular flexibility index (Phi) is 5.86. The molecule has 100 valence electrons. The summed E-state index contributed by atoms with van der Waals surface area (Å²) in [6.07, 6.45) is 1.82. The zero-order valence-electron chi connectivity index (χ0n) is 11.5. The van der Waals surface area contributed by atoms with Gasteiger partial charge in [-0.05, 0) is 30.0 Å². The van der Waals surface area contributed by atoms with Gasteiger partial charge in [-0.15, -0.1) is 0 Å². The van der Waals surface area contributed by atoms with E-state index in [1.807, 2.05) is 18.2 Å². The lowest BCUT2D eigenvalue weighted by Crippen LogP contribution is -2.15. The first-order chi connectivity index (χ1) is 8.51. The summed E-state index contributed by atoms with van der Waals surface area (Å²) in [5.41, 5.74) is 1.84. The van der Waals surface area contributed by atoms with Gasteiger partial charge < -0.3 is 4.74 Å². The van der Waals surface area contributed by atoms with Crippen molar-refractivity contribution in [2.24, 2.45) is 0 Å². The molecule has 1 unspecified atom stereocenters. The molecule has 0 aliphatic carbocycles. The van der Waals surface area contributed by atoms with Crippen LogP contribution in [0.15, 0.2) is 18.2 Å². The first kappa shape index (κ1) is 15.2. The normalized spacial score (nSPS) is 12.6. The number of alkyl halides is 1. The van der Waals surface area contributed by atoms with Crippen molar-refractivity contribution in [3.8, 4) is 5.75 Å². The lowest BCUT2D eigenvalue weighted by molar-refractivity contribution is 0.0985. The van der Waals surface area contributed by atoms with Crippen molar-refractivity contribution >= 4 is 21.7 Å². The number of halogens is 1. The average Bonchev–Trinajstić information content (AvgIpc) is 2.37. The van der Waals surface area contributed by atoms with Crippen LogP contribution in [0.4, 0.5) is 0 Å². The standard InChI is InChI=1S/C15H21BrO2/c1-5-6-13(16)15(17)12-9-11(10(2)3)7-8-14(12)18-4/h7-10,13H,5-6H2,1-4H3. The fraction of sp³-hybridized carbons (Fsp3) is 0.533. The average molecular weight is 313 g/mol. The zero-order valence-corrected chi connectivity index (χ0v) is 13.1. The molecule has 0 amide bonds. The predicted molar refractivity (Wildman–Crippen MR) is 79.0 cm³/mol. The highest BCUT2D eigenvalue weighted by atomic mass is 79.9. The van der Waals surface area contributed by atoms with Gasteiger partial charge in [-0.1, -0.05) is 49.2 Å². The number of rotatable bonds is 6. The highest BCUT2D eigenvalue weighted by Gasteiger charge is 2.20. The monoisotopic (exact) mass is 312 g/mol. The minimum absolute atomic E-state index is 0.108. The van der Waals surface area contributed by atoms with Gasteiger partial charge in [0.1, 0.15) is 5.75 Å². The SMILES string of the molecule is CCCC(Br)C(=O)c1cc(C(C)C)ccc1OC. The van der Waals surface area contributed by atoms with Gasteiger partial charge in [0.25, 0.3) is 0 Å². The highest BCUT2D eigenvalue weighted by molar-refractivity contribution is 9.10. The van der Waals surface area contributed by atoms with E-state index in [4.69, 9.17) is 4.74 Å². The number of hydrogen-bond acceptors (Lipinski definition) is 2. The summed E-state index contributed by atoms with van der Waals surface area (Å²) in [5, 5.41) is 0. The number of benzene rings is 1. The summed E-state index contributed by atoms with van der Waals surface area (Å²) < 4.78 is 5.29.